The molecule has 4 nitrogen and oxygen atoms in total. The maximum absolute atomic E-state index is 11.5. The van der Waals surface area contributed by atoms with Crippen LogP contribution < -0.4 is 10.6 Å². The number of benzene rings is 1. The van der Waals surface area contributed by atoms with Gasteiger partial charge in [0, 0.05) is 18.4 Å². The Bertz CT molecular complexity index is 525. The summed E-state index contributed by atoms with van der Waals surface area (Å²) in [6, 6.07) is 9.75. The fourth-order valence-corrected chi connectivity index (χ4v) is 1.60. The van der Waals surface area contributed by atoms with E-state index in [9.17, 15) is 4.79 Å². The summed E-state index contributed by atoms with van der Waals surface area (Å²) in [7, 11) is 1.82. The van der Waals surface area contributed by atoms with Crippen molar-refractivity contribution >= 4 is 22.5 Å². The second kappa shape index (κ2) is 5.41. The molecule has 0 aliphatic heterocycles. The van der Waals surface area contributed by atoms with E-state index in [0.717, 1.165) is 16.6 Å². The minimum Gasteiger partial charge on any atom is -0.325 e. The van der Waals surface area contributed by atoms with Gasteiger partial charge in [-0.2, -0.15) is 0 Å². The predicted octanol–water partition coefficient (Wildman–Crippen LogP) is 1.78. The highest BCUT2D eigenvalue weighted by Gasteiger charge is 2.02. The molecule has 88 valence electrons. The fourth-order valence-electron chi connectivity index (χ4n) is 1.60. The molecule has 1 aromatic heterocycles. The van der Waals surface area contributed by atoms with Gasteiger partial charge < -0.3 is 10.6 Å². The van der Waals surface area contributed by atoms with Crippen molar-refractivity contribution in [2.45, 2.75) is 6.42 Å². The first-order valence-corrected chi connectivity index (χ1v) is 5.59. The highest BCUT2D eigenvalue weighted by Crippen LogP contribution is 2.15. The molecule has 0 radical (unpaired) electrons. The Morgan fingerprint density at radius 2 is 2.18 bits per heavy atom. The molecule has 0 unspecified atom stereocenters. The predicted molar refractivity (Wildman–Crippen MR) is 68.9 cm³/mol. The third-order valence-electron chi connectivity index (χ3n) is 2.48. The number of hydrogen-bond acceptors (Lipinski definition) is 3. The lowest BCUT2D eigenvalue weighted by Crippen LogP contribution is -2.18. The molecular weight excluding hydrogens is 214 g/mol. The summed E-state index contributed by atoms with van der Waals surface area (Å²) < 4.78 is 0. The van der Waals surface area contributed by atoms with E-state index in [1.54, 1.807) is 6.20 Å². The van der Waals surface area contributed by atoms with Crippen LogP contribution in [0.25, 0.3) is 10.9 Å². The topological polar surface area (TPSA) is 54.0 Å². The number of para-hydroxylation sites is 1. The average Bonchev–Trinajstić information content (AvgIpc) is 2.36. The van der Waals surface area contributed by atoms with Gasteiger partial charge in [0.1, 0.15) is 0 Å². The van der Waals surface area contributed by atoms with Gasteiger partial charge in [0.05, 0.1) is 17.4 Å². The molecule has 17 heavy (non-hydrogen) atoms. The van der Waals surface area contributed by atoms with Crippen LogP contribution in [0, 0.1) is 0 Å². The van der Waals surface area contributed by atoms with E-state index in [0.29, 0.717) is 13.0 Å². The van der Waals surface area contributed by atoms with E-state index >= 15 is 0 Å². The summed E-state index contributed by atoms with van der Waals surface area (Å²) in [5.41, 5.74) is 1.67. The summed E-state index contributed by atoms with van der Waals surface area (Å²) in [6.45, 7) is 0.673. The second-order valence-electron chi connectivity index (χ2n) is 3.82. The highest BCUT2D eigenvalue weighted by atomic mass is 16.1. The second-order valence-corrected chi connectivity index (χ2v) is 3.82. The summed E-state index contributed by atoms with van der Waals surface area (Å²) in [6.07, 6.45) is 2.14. The van der Waals surface area contributed by atoms with Crippen molar-refractivity contribution in [3.8, 4) is 0 Å². The maximum atomic E-state index is 11.5. The summed E-state index contributed by atoms with van der Waals surface area (Å²) in [5, 5.41) is 6.79. The summed E-state index contributed by atoms with van der Waals surface area (Å²) >= 11 is 0. The number of pyridine rings is 1. The molecule has 0 saturated heterocycles. The minimum absolute atomic E-state index is 0.00330. The average molecular weight is 229 g/mol. The van der Waals surface area contributed by atoms with Crippen LogP contribution in [-0.2, 0) is 4.79 Å². The van der Waals surface area contributed by atoms with Crippen molar-refractivity contribution in [2.24, 2.45) is 0 Å². The molecule has 0 atom stereocenters. The highest BCUT2D eigenvalue weighted by molar-refractivity contribution is 5.93. The monoisotopic (exact) mass is 229 g/mol. The van der Waals surface area contributed by atoms with Crippen LogP contribution in [0.2, 0.25) is 0 Å². The van der Waals surface area contributed by atoms with Gasteiger partial charge in [-0.3, -0.25) is 9.78 Å². The third-order valence-corrected chi connectivity index (χ3v) is 2.48. The van der Waals surface area contributed by atoms with Gasteiger partial charge >= 0.3 is 0 Å². The number of fused-ring (bicyclic) bond motifs is 1. The van der Waals surface area contributed by atoms with Crippen LogP contribution >= 0.6 is 0 Å². The van der Waals surface area contributed by atoms with Crippen molar-refractivity contribution in [3.05, 3.63) is 36.5 Å². The number of hydrogen-bond donors (Lipinski definition) is 2. The smallest absolute Gasteiger partial charge is 0.225 e. The van der Waals surface area contributed by atoms with E-state index in [1.165, 1.54) is 0 Å². The zero-order valence-electron chi connectivity index (χ0n) is 9.73. The maximum Gasteiger partial charge on any atom is 0.225 e. The first-order valence-electron chi connectivity index (χ1n) is 5.59. The number of anilines is 1. The quantitative estimate of drug-likeness (QED) is 0.840. The van der Waals surface area contributed by atoms with Crippen molar-refractivity contribution in [3.63, 3.8) is 0 Å². The van der Waals surface area contributed by atoms with Crippen LogP contribution in [-0.4, -0.2) is 24.5 Å². The van der Waals surface area contributed by atoms with Gasteiger partial charge in [-0.15, -0.1) is 0 Å². The number of carbonyl (C=O) groups excluding carboxylic acids is 1. The SMILES string of the molecule is CNCCC(=O)Nc1cnc2ccccc2c1. The molecule has 2 N–H and O–H groups in total. The zero-order chi connectivity index (χ0) is 12.1. The number of amides is 1. The molecule has 0 spiro atoms. The van der Waals surface area contributed by atoms with E-state index < -0.39 is 0 Å². The lowest BCUT2D eigenvalue weighted by Gasteiger charge is -2.05. The molecule has 0 bridgehead atoms. The molecule has 2 aromatic rings. The molecule has 1 heterocycles. The Balaban J connectivity index is 2.11. The van der Waals surface area contributed by atoms with Gasteiger partial charge in [0.25, 0.3) is 0 Å². The summed E-state index contributed by atoms with van der Waals surface area (Å²) in [5.74, 6) is -0.00330. The molecule has 1 aromatic carbocycles. The van der Waals surface area contributed by atoms with Crippen molar-refractivity contribution in [1.82, 2.24) is 10.3 Å². The summed E-state index contributed by atoms with van der Waals surface area (Å²) in [4.78, 5) is 15.8. The zero-order valence-corrected chi connectivity index (χ0v) is 9.73. The Hall–Kier alpha value is -1.94. The third kappa shape index (κ3) is 3.01. The Morgan fingerprint density at radius 1 is 1.35 bits per heavy atom. The van der Waals surface area contributed by atoms with E-state index in [-0.39, 0.29) is 5.91 Å². The van der Waals surface area contributed by atoms with Crippen LogP contribution in [0.3, 0.4) is 0 Å². The van der Waals surface area contributed by atoms with Crippen LogP contribution in [0.5, 0.6) is 0 Å². The van der Waals surface area contributed by atoms with Gasteiger partial charge in [-0.1, -0.05) is 18.2 Å². The number of nitrogens with one attached hydrogen (secondary N) is 2. The van der Waals surface area contributed by atoms with Crippen molar-refractivity contribution in [1.29, 1.82) is 0 Å². The van der Waals surface area contributed by atoms with Gasteiger partial charge in [0.15, 0.2) is 0 Å². The number of nitrogens with zero attached hydrogens (tertiary/aromatic N) is 1. The normalized spacial score (nSPS) is 10.4. The number of aromatic nitrogens is 1. The lowest BCUT2D eigenvalue weighted by molar-refractivity contribution is -0.116. The Kier molecular flexibility index (Phi) is 3.67. The van der Waals surface area contributed by atoms with E-state index in [4.69, 9.17) is 0 Å². The number of rotatable bonds is 4. The van der Waals surface area contributed by atoms with Crippen LogP contribution in [0.15, 0.2) is 36.5 Å². The van der Waals surface area contributed by atoms with E-state index in [2.05, 4.69) is 15.6 Å². The van der Waals surface area contributed by atoms with Crippen LogP contribution in [0.4, 0.5) is 5.69 Å². The molecule has 2 rings (SSSR count). The Labute approximate surface area is 100 Å². The van der Waals surface area contributed by atoms with Gasteiger partial charge in [-0.05, 0) is 19.2 Å². The number of carbonyl (C=O) groups is 1. The molecular formula is C13H15N3O. The van der Waals surface area contributed by atoms with E-state index in [1.807, 2.05) is 37.4 Å². The molecule has 4 heteroatoms. The first-order chi connectivity index (χ1) is 8.29. The first kappa shape index (κ1) is 11.5. The van der Waals surface area contributed by atoms with Crippen molar-refractivity contribution in [2.75, 3.05) is 18.9 Å². The fraction of sp³-hybridized carbons (Fsp3) is 0.231. The lowest BCUT2D eigenvalue weighted by atomic mass is 10.2. The standard InChI is InChI=1S/C13H15N3O/c1-14-7-6-13(17)16-11-8-10-4-2-3-5-12(10)15-9-11/h2-5,8-9,14H,6-7H2,1H3,(H,16,17). The molecule has 0 saturated carbocycles. The molecule has 1 amide bonds. The van der Waals surface area contributed by atoms with Crippen LogP contribution in [0.1, 0.15) is 6.42 Å². The van der Waals surface area contributed by atoms with Crippen molar-refractivity contribution < 1.29 is 4.79 Å². The Morgan fingerprint density at radius 3 is 3.00 bits per heavy atom. The van der Waals surface area contributed by atoms with Gasteiger partial charge in [0.2, 0.25) is 5.91 Å². The molecule has 0 fully saturated rings. The largest absolute Gasteiger partial charge is 0.325 e. The minimum atomic E-state index is -0.00330. The molecule has 0 aliphatic carbocycles. The van der Waals surface area contributed by atoms with Gasteiger partial charge in [-0.25, -0.2) is 0 Å². The molecule has 0 aliphatic rings.